The molecule has 0 bridgehead atoms. The summed E-state index contributed by atoms with van der Waals surface area (Å²) in [5.41, 5.74) is 0.732. The van der Waals surface area contributed by atoms with Crippen LogP contribution in [-0.2, 0) is 9.59 Å². The van der Waals surface area contributed by atoms with Gasteiger partial charge in [-0.1, -0.05) is 18.2 Å². The first kappa shape index (κ1) is 15.8. The van der Waals surface area contributed by atoms with Gasteiger partial charge in [0.25, 0.3) is 0 Å². The standard InChI is InChI=1S/C16H19NO3/c1-2-3-4-8-11-15(18)17(13-12-16(19)20)14-9-6-5-7-10-14/h1,5-7,9-10H,3-4,8,11-13H2,(H,19,20). The van der Waals surface area contributed by atoms with Gasteiger partial charge in [0.2, 0.25) is 5.91 Å². The first-order valence-electron chi connectivity index (χ1n) is 6.66. The molecule has 1 N–H and O–H groups in total. The minimum atomic E-state index is -0.911. The Bertz CT molecular complexity index is 476. The Morgan fingerprint density at radius 2 is 1.85 bits per heavy atom. The molecule has 0 saturated carbocycles. The van der Waals surface area contributed by atoms with Gasteiger partial charge in [0.1, 0.15) is 0 Å². The lowest BCUT2D eigenvalue weighted by molar-refractivity contribution is -0.136. The number of carbonyl (C=O) groups is 2. The van der Waals surface area contributed by atoms with Crippen LogP contribution in [0.4, 0.5) is 5.69 Å². The van der Waals surface area contributed by atoms with Crippen molar-refractivity contribution in [1.29, 1.82) is 0 Å². The summed E-state index contributed by atoms with van der Waals surface area (Å²) < 4.78 is 0. The largest absolute Gasteiger partial charge is 0.481 e. The molecule has 1 amide bonds. The van der Waals surface area contributed by atoms with Crippen LogP contribution in [0.25, 0.3) is 0 Å². The molecule has 1 aromatic rings. The van der Waals surface area contributed by atoms with Crippen molar-refractivity contribution in [3.05, 3.63) is 30.3 Å². The van der Waals surface area contributed by atoms with Gasteiger partial charge < -0.3 is 10.0 Å². The Kier molecular flexibility index (Phi) is 6.91. The fourth-order valence-corrected chi connectivity index (χ4v) is 1.85. The van der Waals surface area contributed by atoms with E-state index in [9.17, 15) is 9.59 Å². The molecular formula is C16H19NO3. The molecule has 0 aliphatic heterocycles. The summed E-state index contributed by atoms with van der Waals surface area (Å²) in [6.07, 6.45) is 7.68. The van der Waals surface area contributed by atoms with Gasteiger partial charge in [-0.2, -0.15) is 0 Å². The zero-order chi connectivity index (χ0) is 14.8. The van der Waals surface area contributed by atoms with Gasteiger partial charge in [0.15, 0.2) is 0 Å². The minimum Gasteiger partial charge on any atom is -0.481 e. The van der Waals surface area contributed by atoms with Gasteiger partial charge in [-0.15, -0.1) is 12.3 Å². The van der Waals surface area contributed by atoms with E-state index in [-0.39, 0.29) is 18.9 Å². The zero-order valence-electron chi connectivity index (χ0n) is 11.4. The van der Waals surface area contributed by atoms with E-state index in [4.69, 9.17) is 11.5 Å². The lowest BCUT2D eigenvalue weighted by atomic mass is 10.1. The summed E-state index contributed by atoms with van der Waals surface area (Å²) in [4.78, 5) is 24.4. The third-order valence-corrected chi connectivity index (χ3v) is 2.88. The number of hydrogen-bond acceptors (Lipinski definition) is 2. The number of carboxylic acid groups (broad SMARTS) is 1. The molecule has 0 aromatic heterocycles. The predicted molar refractivity (Wildman–Crippen MR) is 78.3 cm³/mol. The summed E-state index contributed by atoms with van der Waals surface area (Å²) in [6, 6.07) is 9.13. The van der Waals surface area contributed by atoms with E-state index in [2.05, 4.69) is 5.92 Å². The van der Waals surface area contributed by atoms with Crippen molar-refractivity contribution >= 4 is 17.6 Å². The van der Waals surface area contributed by atoms with E-state index in [1.807, 2.05) is 18.2 Å². The molecule has 1 aromatic carbocycles. The lowest BCUT2D eigenvalue weighted by Crippen LogP contribution is -2.32. The van der Waals surface area contributed by atoms with Crippen molar-refractivity contribution in [3.63, 3.8) is 0 Å². The first-order valence-corrected chi connectivity index (χ1v) is 6.66. The molecule has 0 aliphatic rings. The molecule has 1 rings (SSSR count). The third kappa shape index (κ3) is 5.57. The highest BCUT2D eigenvalue weighted by molar-refractivity contribution is 5.93. The molecule has 0 fully saturated rings. The maximum atomic E-state index is 12.2. The zero-order valence-corrected chi connectivity index (χ0v) is 11.4. The van der Waals surface area contributed by atoms with Crippen LogP contribution in [-0.4, -0.2) is 23.5 Å². The van der Waals surface area contributed by atoms with E-state index in [1.54, 1.807) is 12.1 Å². The van der Waals surface area contributed by atoms with E-state index in [1.165, 1.54) is 4.90 Å². The number of terminal acetylenes is 1. The molecular weight excluding hydrogens is 254 g/mol. The summed E-state index contributed by atoms with van der Waals surface area (Å²) in [5, 5.41) is 8.78. The first-order chi connectivity index (χ1) is 9.65. The van der Waals surface area contributed by atoms with E-state index in [0.717, 1.165) is 18.5 Å². The predicted octanol–water partition coefficient (Wildman–Crippen LogP) is 2.69. The number of benzene rings is 1. The molecule has 0 atom stereocenters. The molecule has 0 saturated heterocycles. The van der Waals surface area contributed by atoms with Crippen LogP contribution in [0.3, 0.4) is 0 Å². The minimum absolute atomic E-state index is 0.0607. The molecule has 4 nitrogen and oxygen atoms in total. The Labute approximate surface area is 119 Å². The Balaban J connectivity index is 2.65. The quantitative estimate of drug-likeness (QED) is 0.585. The van der Waals surface area contributed by atoms with Crippen LogP contribution in [0, 0.1) is 12.3 Å². The smallest absolute Gasteiger partial charge is 0.305 e. The highest BCUT2D eigenvalue weighted by Gasteiger charge is 2.16. The number of anilines is 1. The molecule has 0 radical (unpaired) electrons. The number of amides is 1. The number of para-hydroxylation sites is 1. The van der Waals surface area contributed by atoms with Gasteiger partial charge >= 0.3 is 5.97 Å². The van der Waals surface area contributed by atoms with Crippen LogP contribution in [0.5, 0.6) is 0 Å². The number of nitrogens with zero attached hydrogens (tertiary/aromatic N) is 1. The Morgan fingerprint density at radius 3 is 2.45 bits per heavy atom. The van der Waals surface area contributed by atoms with Crippen LogP contribution >= 0.6 is 0 Å². The van der Waals surface area contributed by atoms with Crippen LogP contribution in [0.1, 0.15) is 32.1 Å². The Hall–Kier alpha value is -2.28. The van der Waals surface area contributed by atoms with Crippen molar-refractivity contribution < 1.29 is 14.7 Å². The van der Waals surface area contributed by atoms with Crippen molar-refractivity contribution in [2.75, 3.05) is 11.4 Å². The van der Waals surface area contributed by atoms with Crippen molar-refractivity contribution in [2.24, 2.45) is 0 Å². The molecule has 4 heteroatoms. The van der Waals surface area contributed by atoms with Crippen LogP contribution in [0.15, 0.2) is 30.3 Å². The average Bonchev–Trinajstić information content (AvgIpc) is 2.44. The van der Waals surface area contributed by atoms with Crippen molar-refractivity contribution in [2.45, 2.75) is 32.1 Å². The second-order valence-corrected chi connectivity index (χ2v) is 4.44. The topological polar surface area (TPSA) is 57.6 Å². The average molecular weight is 273 g/mol. The SMILES string of the molecule is C#CCCCCC(=O)N(CCC(=O)O)c1ccccc1. The maximum absolute atomic E-state index is 12.2. The monoisotopic (exact) mass is 273 g/mol. The summed E-state index contributed by atoms with van der Waals surface area (Å²) >= 11 is 0. The molecule has 0 aliphatic carbocycles. The molecule has 106 valence electrons. The fraction of sp³-hybridized carbons (Fsp3) is 0.375. The van der Waals surface area contributed by atoms with E-state index in [0.29, 0.717) is 12.8 Å². The van der Waals surface area contributed by atoms with Gasteiger partial charge in [0.05, 0.1) is 6.42 Å². The second kappa shape index (κ2) is 8.76. The Morgan fingerprint density at radius 1 is 1.15 bits per heavy atom. The van der Waals surface area contributed by atoms with Crippen LogP contribution in [0.2, 0.25) is 0 Å². The molecule has 0 heterocycles. The normalized spacial score (nSPS) is 9.75. The van der Waals surface area contributed by atoms with Gasteiger partial charge in [-0.25, -0.2) is 0 Å². The van der Waals surface area contributed by atoms with E-state index < -0.39 is 5.97 Å². The lowest BCUT2D eigenvalue weighted by Gasteiger charge is -2.22. The number of carboxylic acids is 1. The van der Waals surface area contributed by atoms with Crippen molar-refractivity contribution in [3.8, 4) is 12.3 Å². The number of aliphatic carboxylic acids is 1. The fourth-order valence-electron chi connectivity index (χ4n) is 1.85. The van der Waals surface area contributed by atoms with Gasteiger partial charge in [-0.05, 0) is 25.0 Å². The number of rotatable bonds is 8. The van der Waals surface area contributed by atoms with Gasteiger partial charge in [-0.3, -0.25) is 9.59 Å². The number of carbonyl (C=O) groups excluding carboxylic acids is 1. The van der Waals surface area contributed by atoms with Gasteiger partial charge in [0, 0.05) is 25.1 Å². The van der Waals surface area contributed by atoms with Crippen molar-refractivity contribution in [1.82, 2.24) is 0 Å². The molecule has 0 unspecified atom stereocenters. The number of unbranched alkanes of at least 4 members (excludes halogenated alkanes) is 2. The number of hydrogen-bond donors (Lipinski definition) is 1. The summed E-state index contributed by atoms with van der Waals surface area (Å²) in [5.74, 6) is 1.57. The molecule has 20 heavy (non-hydrogen) atoms. The summed E-state index contributed by atoms with van der Waals surface area (Å²) in [6.45, 7) is 0.188. The highest BCUT2D eigenvalue weighted by Crippen LogP contribution is 2.16. The molecule has 0 spiro atoms. The summed E-state index contributed by atoms with van der Waals surface area (Å²) in [7, 11) is 0. The second-order valence-electron chi connectivity index (χ2n) is 4.44. The highest BCUT2D eigenvalue weighted by atomic mass is 16.4. The van der Waals surface area contributed by atoms with E-state index >= 15 is 0 Å². The maximum Gasteiger partial charge on any atom is 0.305 e. The third-order valence-electron chi connectivity index (χ3n) is 2.88. The van der Waals surface area contributed by atoms with Crippen LogP contribution < -0.4 is 4.90 Å².